The topological polar surface area (TPSA) is 63.1 Å². The summed E-state index contributed by atoms with van der Waals surface area (Å²) in [6.07, 6.45) is 6.18. The van der Waals surface area contributed by atoms with Gasteiger partial charge in [0.15, 0.2) is 11.6 Å². The monoisotopic (exact) mass is 353 g/mol. The lowest BCUT2D eigenvalue weighted by Gasteiger charge is -2.42. The van der Waals surface area contributed by atoms with Crippen molar-refractivity contribution in [2.24, 2.45) is 5.41 Å². The highest BCUT2D eigenvalue weighted by Crippen LogP contribution is 2.44. The number of urea groups is 1. The molecular weight excluding hydrogens is 326 g/mol. The maximum absolute atomic E-state index is 12.6. The molecule has 1 aromatic carbocycles. The van der Waals surface area contributed by atoms with Crippen molar-refractivity contribution in [3.8, 4) is 11.4 Å². The van der Waals surface area contributed by atoms with Gasteiger partial charge in [0.05, 0.1) is 6.54 Å². The first kappa shape index (κ1) is 17.1. The summed E-state index contributed by atoms with van der Waals surface area (Å²) in [6, 6.07) is 10.1. The second-order valence-electron chi connectivity index (χ2n) is 7.64. The molecule has 4 rings (SSSR count). The van der Waals surface area contributed by atoms with Crippen LogP contribution in [-0.4, -0.2) is 38.8 Å². The van der Waals surface area contributed by atoms with Crippen molar-refractivity contribution in [2.75, 3.05) is 13.1 Å². The number of aromatic nitrogens is 3. The van der Waals surface area contributed by atoms with Gasteiger partial charge in [0, 0.05) is 25.2 Å². The SMILES string of the molecule is CCCC1(CNC(=O)N2CCn3c(nnc3-c3ccccc3)C2)CCC1. The molecule has 0 unspecified atom stereocenters. The van der Waals surface area contributed by atoms with E-state index in [4.69, 9.17) is 0 Å². The van der Waals surface area contributed by atoms with Crippen LogP contribution in [0.1, 0.15) is 44.9 Å². The van der Waals surface area contributed by atoms with Crippen molar-refractivity contribution in [3.63, 3.8) is 0 Å². The molecule has 0 atom stereocenters. The molecule has 0 radical (unpaired) electrons. The average Bonchev–Trinajstić information content (AvgIpc) is 3.07. The number of hydrogen-bond acceptors (Lipinski definition) is 3. The standard InChI is InChI=1S/C20H27N5O/c1-2-9-20(10-6-11-20)15-21-19(26)24-12-13-25-17(14-24)22-23-18(25)16-7-4-3-5-8-16/h3-5,7-8H,2,6,9-15H2,1H3,(H,21,26). The number of carbonyl (C=O) groups is 1. The third-order valence-corrected chi connectivity index (χ3v) is 5.88. The summed E-state index contributed by atoms with van der Waals surface area (Å²) in [7, 11) is 0. The molecule has 2 aromatic rings. The Morgan fingerprint density at radius 1 is 1.19 bits per heavy atom. The number of fused-ring (bicyclic) bond motifs is 1. The van der Waals surface area contributed by atoms with Crippen molar-refractivity contribution in [1.29, 1.82) is 0 Å². The molecule has 1 aliphatic heterocycles. The number of benzene rings is 1. The van der Waals surface area contributed by atoms with Gasteiger partial charge in [-0.2, -0.15) is 0 Å². The smallest absolute Gasteiger partial charge is 0.317 e. The van der Waals surface area contributed by atoms with E-state index in [1.165, 1.54) is 32.1 Å². The Labute approximate surface area is 154 Å². The fourth-order valence-electron chi connectivity index (χ4n) is 4.23. The minimum atomic E-state index is 0.0305. The van der Waals surface area contributed by atoms with E-state index in [2.05, 4.69) is 27.0 Å². The van der Waals surface area contributed by atoms with Crippen LogP contribution in [-0.2, 0) is 13.1 Å². The molecule has 0 bridgehead atoms. The van der Waals surface area contributed by atoms with Gasteiger partial charge in [-0.05, 0) is 24.7 Å². The largest absolute Gasteiger partial charge is 0.337 e. The van der Waals surface area contributed by atoms with Gasteiger partial charge < -0.3 is 14.8 Å². The van der Waals surface area contributed by atoms with Gasteiger partial charge >= 0.3 is 6.03 Å². The van der Waals surface area contributed by atoms with E-state index in [0.717, 1.165) is 30.3 Å². The van der Waals surface area contributed by atoms with Crippen LogP contribution in [0.25, 0.3) is 11.4 Å². The predicted octanol–water partition coefficient (Wildman–Crippen LogP) is 3.44. The highest BCUT2D eigenvalue weighted by atomic mass is 16.2. The quantitative estimate of drug-likeness (QED) is 0.895. The third-order valence-electron chi connectivity index (χ3n) is 5.88. The van der Waals surface area contributed by atoms with Crippen molar-refractivity contribution in [1.82, 2.24) is 25.0 Å². The number of amides is 2. The predicted molar refractivity (Wildman–Crippen MR) is 100 cm³/mol. The molecule has 2 aliphatic rings. The first-order valence-electron chi connectivity index (χ1n) is 9.71. The van der Waals surface area contributed by atoms with Crippen molar-refractivity contribution < 1.29 is 4.79 Å². The van der Waals surface area contributed by atoms with E-state index in [-0.39, 0.29) is 6.03 Å². The third kappa shape index (κ3) is 3.20. The summed E-state index contributed by atoms with van der Waals surface area (Å²) in [5, 5.41) is 11.8. The Balaban J connectivity index is 1.39. The van der Waals surface area contributed by atoms with E-state index in [9.17, 15) is 4.79 Å². The fourth-order valence-corrected chi connectivity index (χ4v) is 4.23. The molecule has 1 fully saturated rings. The maximum atomic E-state index is 12.6. The van der Waals surface area contributed by atoms with Crippen molar-refractivity contribution >= 4 is 6.03 Å². The molecule has 1 aliphatic carbocycles. The van der Waals surface area contributed by atoms with Gasteiger partial charge in [0.1, 0.15) is 0 Å². The normalized spacial score (nSPS) is 18.1. The number of hydrogen-bond donors (Lipinski definition) is 1. The van der Waals surface area contributed by atoms with E-state index in [1.807, 2.05) is 35.2 Å². The lowest BCUT2D eigenvalue weighted by molar-refractivity contribution is 0.111. The van der Waals surface area contributed by atoms with Crippen molar-refractivity contribution in [3.05, 3.63) is 36.2 Å². The Morgan fingerprint density at radius 3 is 2.69 bits per heavy atom. The molecule has 2 heterocycles. The van der Waals surface area contributed by atoms with Gasteiger partial charge in [0.2, 0.25) is 0 Å². The van der Waals surface area contributed by atoms with Gasteiger partial charge in [0.25, 0.3) is 0 Å². The molecule has 6 nitrogen and oxygen atoms in total. The molecule has 1 aromatic heterocycles. The highest BCUT2D eigenvalue weighted by molar-refractivity contribution is 5.74. The van der Waals surface area contributed by atoms with Crippen LogP contribution in [0.2, 0.25) is 0 Å². The summed E-state index contributed by atoms with van der Waals surface area (Å²) < 4.78 is 2.13. The molecule has 2 amide bonds. The van der Waals surface area contributed by atoms with Gasteiger partial charge in [-0.1, -0.05) is 50.1 Å². The second kappa shape index (κ2) is 7.09. The summed E-state index contributed by atoms with van der Waals surface area (Å²) in [5.74, 6) is 1.74. The molecule has 138 valence electrons. The molecule has 26 heavy (non-hydrogen) atoms. The van der Waals surface area contributed by atoms with Crippen LogP contribution in [0.15, 0.2) is 30.3 Å². The van der Waals surface area contributed by atoms with Gasteiger partial charge in [-0.15, -0.1) is 10.2 Å². The first-order valence-corrected chi connectivity index (χ1v) is 9.71. The zero-order chi connectivity index (χ0) is 18.0. The Morgan fingerprint density at radius 2 is 2.00 bits per heavy atom. The van der Waals surface area contributed by atoms with E-state index in [1.54, 1.807) is 0 Å². The Kier molecular flexibility index (Phi) is 4.66. The molecule has 0 spiro atoms. The lowest BCUT2D eigenvalue weighted by Crippen LogP contribution is -2.49. The molecule has 6 heteroatoms. The van der Waals surface area contributed by atoms with Crippen LogP contribution in [0.5, 0.6) is 0 Å². The zero-order valence-corrected chi connectivity index (χ0v) is 15.4. The van der Waals surface area contributed by atoms with Crippen LogP contribution in [0, 0.1) is 5.41 Å². The summed E-state index contributed by atoms with van der Waals surface area (Å²) in [4.78, 5) is 14.5. The minimum absolute atomic E-state index is 0.0305. The lowest BCUT2D eigenvalue weighted by atomic mass is 9.66. The van der Waals surface area contributed by atoms with E-state index in [0.29, 0.717) is 18.5 Å². The van der Waals surface area contributed by atoms with Crippen LogP contribution < -0.4 is 5.32 Å². The number of nitrogens with one attached hydrogen (secondary N) is 1. The van der Waals surface area contributed by atoms with E-state index >= 15 is 0 Å². The summed E-state index contributed by atoms with van der Waals surface area (Å²) in [6.45, 7) is 4.98. The fraction of sp³-hybridized carbons (Fsp3) is 0.550. The highest BCUT2D eigenvalue weighted by Gasteiger charge is 2.36. The molecule has 0 saturated heterocycles. The second-order valence-corrected chi connectivity index (χ2v) is 7.64. The average molecular weight is 353 g/mol. The Bertz CT molecular complexity index is 766. The van der Waals surface area contributed by atoms with Gasteiger partial charge in [-0.25, -0.2) is 4.79 Å². The zero-order valence-electron chi connectivity index (χ0n) is 15.4. The van der Waals surface area contributed by atoms with Crippen molar-refractivity contribution in [2.45, 2.75) is 52.1 Å². The summed E-state index contributed by atoms with van der Waals surface area (Å²) in [5.41, 5.74) is 1.41. The number of nitrogens with zero attached hydrogens (tertiary/aromatic N) is 4. The number of carbonyl (C=O) groups excluding carboxylic acids is 1. The van der Waals surface area contributed by atoms with Crippen LogP contribution >= 0.6 is 0 Å². The molecule has 1 saturated carbocycles. The van der Waals surface area contributed by atoms with Crippen LogP contribution in [0.4, 0.5) is 4.79 Å². The van der Waals surface area contributed by atoms with Crippen LogP contribution in [0.3, 0.4) is 0 Å². The maximum Gasteiger partial charge on any atom is 0.317 e. The Hall–Kier alpha value is -2.37. The molecule has 1 N–H and O–H groups in total. The van der Waals surface area contributed by atoms with E-state index < -0.39 is 0 Å². The molecular formula is C20H27N5O. The minimum Gasteiger partial charge on any atom is -0.337 e. The first-order chi connectivity index (χ1) is 12.7. The summed E-state index contributed by atoms with van der Waals surface area (Å²) >= 11 is 0. The van der Waals surface area contributed by atoms with Gasteiger partial charge in [-0.3, -0.25) is 0 Å². The number of rotatable bonds is 5.